The highest BCUT2D eigenvalue weighted by Crippen LogP contribution is 2.28. The van der Waals surface area contributed by atoms with Crippen LogP contribution in [0.15, 0.2) is 69.1 Å². The van der Waals surface area contributed by atoms with Crippen molar-refractivity contribution >= 4 is 27.7 Å². The molecule has 0 radical (unpaired) electrons. The number of hydrogen-bond donors (Lipinski definition) is 1. The molecule has 0 aliphatic carbocycles. The fourth-order valence-electron chi connectivity index (χ4n) is 3.55. The van der Waals surface area contributed by atoms with Gasteiger partial charge in [-0.25, -0.2) is 8.42 Å². The minimum Gasteiger partial charge on any atom is -0.411 e. The lowest BCUT2D eigenvalue weighted by atomic mass is 10.2. The van der Waals surface area contributed by atoms with Gasteiger partial charge < -0.3 is 9.73 Å². The monoisotopic (exact) mass is 486 g/mol. The number of hydrogen-bond acceptors (Lipinski definition) is 7. The number of amides is 1. The fourth-order valence-corrected chi connectivity index (χ4v) is 5.82. The van der Waals surface area contributed by atoms with Crippen LogP contribution in [0.1, 0.15) is 31.7 Å². The van der Waals surface area contributed by atoms with Gasteiger partial charge in [0.25, 0.3) is 5.22 Å². The molecule has 3 aromatic rings. The number of benzene rings is 2. The number of piperidine rings is 1. The van der Waals surface area contributed by atoms with E-state index in [1.165, 1.54) is 4.31 Å². The number of carbonyl (C=O) groups is 1. The molecule has 0 unspecified atom stereocenters. The van der Waals surface area contributed by atoms with Gasteiger partial charge in [0.2, 0.25) is 21.8 Å². The summed E-state index contributed by atoms with van der Waals surface area (Å²) in [6.45, 7) is 3.29. The Labute approximate surface area is 197 Å². The van der Waals surface area contributed by atoms with Gasteiger partial charge in [-0.2, -0.15) is 4.31 Å². The van der Waals surface area contributed by atoms with Crippen molar-refractivity contribution in [1.82, 2.24) is 19.8 Å². The van der Waals surface area contributed by atoms with E-state index < -0.39 is 15.3 Å². The van der Waals surface area contributed by atoms with Crippen LogP contribution in [0.4, 0.5) is 0 Å². The zero-order chi connectivity index (χ0) is 23.3. The van der Waals surface area contributed by atoms with E-state index in [0.717, 1.165) is 36.6 Å². The van der Waals surface area contributed by atoms with E-state index >= 15 is 0 Å². The van der Waals surface area contributed by atoms with Gasteiger partial charge in [0.1, 0.15) is 0 Å². The quantitative estimate of drug-likeness (QED) is 0.484. The van der Waals surface area contributed by atoms with Gasteiger partial charge in [0, 0.05) is 25.2 Å². The van der Waals surface area contributed by atoms with Crippen molar-refractivity contribution in [2.45, 2.75) is 48.1 Å². The van der Waals surface area contributed by atoms with Crippen LogP contribution >= 0.6 is 11.8 Å². The van der Waals surface area contributed by atoms with Crippen molar-refractivity contribution in [3.8, 4) is 11.5 Å². The van der Waals surface area contributed by atoms with Gasteiger partial charge in [0.15, 0.2) is 0 Å². The highest BCUT2D eigenvalue weighted by atomic mass is 32.2. The first-order valence-electron chi connectivity index (χ1n) is 10.9. The second kappa shape index (κ2) is 10.5. The lowest BCUT2D eigenvalue weighted by molar-refractivity contribution is -0.120. The first-order valence-corrected chi connectivity index (χ1v) is 13.2. The lowest BCUT2D eigenvalue weighted by Gasteiger charge is -2.25. The Morgan fingerprint density at radius 3 is 2.61 bits per heavy atom. The number of sulfonamides is 1. The maximum Gasteiger partial charge on any atom is 0.277 e. The van der Waals surface area contributed by atoms with Gasteiger partial charge in [-0.3, -0.25) is 4.79 Å². The molecule has 4 rings (SSSR count). The van der Waals surface area contributed by atoms with Crippen molar-refractivity contribution in [2.75, 3.05) is 13.1 Å². The summed E-state index contributed by atoms with van der Waals surface area (Å²) in [5.74, 6) is 0.0725. The molecule has 2 aromatic carbocycles. The topological polar surface area (TPSA) is 105 Å². The summed E-state index contributed by atoms with van der Waals surface area (Å²) in [5, 5.41) is 10.8. The maximum atomic E-state index is 13.0. The number of nitrogens with zero attached hydrogens (tertiary/aromatic N) is 3. The minimum atomic E-state index is -3.56. The number of nitrogens with one attached hydrogen (secondary N) is 1. The molecule has 2 heterocycles. The van der Waals surface area contributed by atoms with Crippen LogP contribution < -0.4 is 5.32 Å². The summed E-state index contributed by atoms with van der Waals surface area (Å²) >= 11 is 1.16. The first-order chi connectivity index (χ1) is 15.9. The molecule has 1 N–H and O–H groups in total. The molecule has 10 heteroatoms. The van der Waals surface area contributed by atoms with Gasteiger partial charge in [-0.15, -0.1) is 10.2 Å². The van der Waals surface area contributed by atoms with E-state index in [0.29, 0.717) is 25.2 Å². The smallest absolute Gasteiger partial charge is 0.277 e. The van der Waals surface area contributed by atoms with E-state index in [1.807, 2.05) is 30.3 Å². The third-order valence-electron chi connectivity index (χ3n) is 5.40. The van der Waals surface area contributed by atoms with Crippen LogP contribution in [-0.2, 0) is 21.4 Å². The zero-order valence-electron chi connectivity index (χ0n) is 18.3. The van der Waals surface area contributed by atoms with Crippen LogP contribution in [0, 0.1) is 0 Å². The molecule has 33 heavy (non-hydrogen) atoms. The molecule has 174 valence electrons. The molecule has 0 bridgehead atoms. The van der Waals surface area contributed by atoms with E-state index in [-0.39, 0.29) is 21.9 Å². The van der Waals surface area contributed by atoms with Crippen molar-refractivity contribution in [3.63, 3.8) is 0 Å². The normalized spacial score (nSPS) is 15.8. The number of rotatable bonds is 8. The molecule has 8 nitrogen and oxygen atoms in total. The summed E-state index contributed by atoms with van der Waals surface area (Å²) in [4.78, 5) is 12.6. The first kappa shape index (κ1) is 23.5. The van der Waals surface area contributed by atoms with Crippen LogP contribution in [0.25, 0.3) is 11.5 Å². The Balaban J connectivity index is 1.41. The summed E-state index contributed by atoms with van der Waals surface area (Å²) in [6.07, 6.45) is 2.80. The Bertz CT molecular complexity index is 1190. The second-order valence-electron chi connectivity index (χ2n) is 7.83. The van der Waals surface area contributed by atoms with Crippen molar-refractivity contribution in [1.29, 1.82) is 0 Å². The predicted molar refractivity (Wildman–Crippen MR) is 126 cm³/mol. The van der Waals surface area contributed by atoms with Gasteiger partial charge in [-0.1, -0.05) is 54.6 Å². The molecule has 1 amide bonds. The Morgan fingerprint density at radius 1 is 1.09 bits per heavy atom. The van der Waals surface area contributed by atoms with Crippen LogP contribution in [0.3, 0.4) is 0 Å². The Morgan fingerprint density at radius 2 is 1.85 bits per heavy atom. The zero-order valence-corrected chi connectivity index (χ0v) is 19.9. The third-order valence-corrected chi connectivity index (χ3v) is 8.23. The van der Waals surface area contributed by atoms with E-state index in [9.17, 15) is 13.2 Å². The van der Waals surface area contributed by atoms with Crippen molar-refractivity contribution in [3.05, 3.63) is 60.2 Å². The van der Waals surface area contributed by atoms with E-state index in [2.05, 4.69) is 15.5 Å². The predicted octanol–water partition coefficient (Wildman–Crippen LogP) is 3.71. The summed E-state index contributed by atoms with van der Waals surface area (Å²) < 4.78 is 33.2. The van der Waals surface area contributed by atoms with Gasteiger partial charge in [0.05, 0.1) is 10.1 Å². The standard InChI is InChI=1S/C23H26N4O4S2/c1-17(21(28)24-16-18-9-4-2-5-10-18)32-23-26-25-22(31-23)19-11-8-12-20(15-19)33(29,30)27-13-6-3-7-14-27/h2,4-5,8-12,15,17H,3,6-7,13-14,16H2,1H3,(H,24,28)/t17-/m1/s1. The largest absolute Gasteiger partial charge is 0.411 e. The SMILES string of the molecule is C[C@@H](Sc1nnc(-c2cccc(S(=O)(=O)N3CCCCC3)c2)o1)C(=O)NCc1ccccc1. The minimum absolute atomic E-state index is 0.141. The molecular weight excluding hydrogens is 460 g/mol. The molecule has 1 atom stereocenters. The maximum absolute atomic E-state index is 13.0. The fraction of sp³-hybridized carbons (Fsp3) is 0.348. The van der Waals surface area contributed by atoms with E-state index in [4.69, 9.17) is 4.42 Å². The van der Waals surface area contributed by atoms with Crippen molar-refractivity contribution in [2.24, 2.45) is 0 Å². The number of thioether (sulfide) groups is 1. The lowest BCUT2D eigenvalue weighted by Crippen LogP contribution is -2.35. The molecule has 1 aliphatic rings. The number of aromatic nitrogens is 2. The molecule has 0 saturated carbocycles. The summed E-state index contributed by atoms with van der Waals surface area (Å²) in [6, 6.07) is 16.2. The average molecular weight is 487 g/mol. The molecular formula is C23H26N4O4S2. The molecule has 1 fully saturated rings. The van der Waals surface area contributed by atoms with E-state index in [1.54, 1.807) is 31.2 Å². The molecule has 1 saturated heterocycles. The summed E-state index contributed by atoms with van der Waals surface area (Å²) in [7, 11) is -3.56. The number of carbonyl (C=O) groups excluding carboxylic acids is 1. The molecule has 1 aliphatic heterocycles. The average Bonchev–Trinajstić information content (AvgIpc) is 3.32. The van der Waals surface area contributed by atoms with Crippen molar-refractivity contribution < 1.29 is 17.6 Å². The molecule has 0 spiro atoms. The third kappa shape index (κ3) is 5.82. The summed E-state index contributed by atoms with van der Waals surface area (Å²) in [5.41, 5.74) is 1.54. The highest BCUT2D eigenvalue weighted by molar-refractivity contribution is 8.00. The highest BCUT2D eigenvalue weighted by Gasteiger charge is 2.26. The molecule has 1 aromatic heterocycles. The Kier molecular flexibility index (Phi) is 7.46. The van der Waals surface area contributed by atoms with Crippen LogP contribution in [-0.4, -0.2) is 47.2 Å². The van der Waals surface area contributed by atoms with Gasteiger partial charge >= 0.3 is 0 Å². The van der Waals surface area contributed by atoms with Crippen LogP contribution in [0.2, 0.25) is 0 Å². The van der Waals surface area contributed by atoms with Gasteiger partial charge in [-0.05, 0) is 43.5 Å². The Hall–Kier alpha value is -2.69. The van der Waals surface area contributed by atoms with Crippen LogP contribution in [0.5, 0.6) is 0 Å². The second-order valence-corrected chi connectivity index (χ2v) is 11.1.